The van der Waals surface area contributed by atoms with Gasteiger partial charge in [-0.3, -0.25) is 4.79 Å². The molecule has 10 nitrogen and oxygen atoms in total. The van der Waals surface area contributed by atoms with E-state index in [2.05, 4.69) is 20.0 Å². The number of rotatable bonds is 9. The molecule has 0 aliphatic carbocycles. The number of benzene rings is 1. The molecule has 2 aromatic rings. The first-order valence-corrected chi connectivity index (χ1v) is 12.9. The molecule has 0 radical (unpaired) electrons. The number of carbonyl (C=O) groups excluding carboxylic acids is 1. The fraction of sp³-hybridized carbons (Fsp3) is 0.476. The molecule has 0 spiro atoms. The Balaban J connectivity index is 1.68. The van der Waals surface area contributed by atoms with Crippen molar-refractivity contribution in [2.45, 2.75) is 19.3 Å². The fourth-order valence-corrected chi connectivity index (χ4v) is 4.61. The average molecular weight is 531 g/mol. The molecular formula is C21H28Cl2N6O4S. The largest absolute Gasteiger partial charge is 0.467 e. The first-order chi connectivity index (χ1) is 16.1. The van der Waals surface area contributed by atoms with Crippen molar-refractivity contribution in [2.24, 2.45) is 5.92 Å². The third kappa shape index (κ3) is 6.84. The number of methoxy groups -OCH3 is 1. The highest BCUT2D eigenvalue weighted by Gasteiger charge is 2.30. The van der Waals surface area contributed by atoms with Crippen molar-refractivity contribution in [1.82, 2.24) is 19.0 Å². The van der Waals surface area contributed by atoms with Crippen molar-refractivity contribution >= 4 is 51.0 Å². The maximum Gasteiger partial charge on any atom is 0.320 e. The standard InChI is InChI=1S/C21H28Cl2N6O4S/c1-28(2)34(31,32)27-20(30)15-5-4-10-29(13-15)19-12-18(25-21(26-19)33-3)24-9-8-14-6-7-16(22)11-17(14)23/h6-7,11-12,15H,4-5,8-10,13H2,1-3H3,(H,27,30)(H,24,25,26). The Morgan fingerprint density at radius 1 is 1.26 bits per heavy atom. The number of nitrogens with zero attached hydrogens (tertiary/aromatic N) is 4. The minimum absolute atomic E-state index is 0.186. The van der Waals surface area contributed by atoms with Crippen molar-refractivity contribution in [2.75, 3.05) is 51.1 Å². The van der Waals surface area contributed by atoms with E-state index in [1.165, 1.54) is 21.2 Å². The van der Waals surface area contributed by atoms with Gasteiger partial charge in [0.05, 0.1) is 13.0 Å². The lowest BCUT2D eigenvalue weighted by atomic mass is 9.97. The number of hydrogen-bond donors (Lipinski definition) is 2. The molecular weight excluding hydrogens is 503 g/mol. The predicted octanol–water partition coefficient (Wildman–Crippen LogP) is 2.59. The third-order valence-corrected chi connectivity index (χ3v) is 7.42. The van der Waals surface area contributed by atoms with E-state index in [-0.39, 0.29) is 6.01 Å². The van der Waals surface area contributed by atoms with Crippen LogP contribution in [0.25, 0.3) is 0 Å². The molecule has 2 heterocycles. The number of aromatic nitrogens is 2. The molecule has 1 atom stereocenters. The lowest BCUT2D eigenvalue weighted by Gasteiger charge is -2.33. The van der Waals surface area contributed by atoms with E-state index in [9.17, 15) is 13.2 Å². The van der Waals surface area contributed by atoms with Crippen LogP contribution in [0.3, 0.4) is 0 Å². The quantitative estimate of drug-likeness (QED) is 0.507. The molecule has 13 heteroatoms. The van der Waals surface area contributed by atoms with Crippen LogP contribution in [0.2, 0.25) is 10.0 Å². The molecule has 1 fully saturated rings. The summed E-state index contributed by atoms with van der Waals surface area (Å²) >= 11 is 12.2. The summed E-state index contributed by atoms with van der Waals surface area (Å²) in [4.78, 5) is 23.3. The van der Waals surface area contributed by atoms with E-state index < -0.39 is 22.0 Å². The Hall–Kier alpha value is -2.34. The SMILES string of the molecule is COc1nc(NCCc2ccc(Cl)cc2Cl)cc(N2CCCC(C(=O)NS(=O)(=O)N(C)C)C2)n1. The zero-order valence-corrected chi connectivity index (χ0v) is 21.5. The van der Waals surface area contributed by atoms with Gasteiger partial charge >= 0.3 is 16.2 Å². The van der Waals surface area contributed by atoms with Crippen LogP contribution in [0, 0.1) is 5.92 Å². The normalized spacial score (nSPS) is 16.4. The topological polar surface area (TPSA) is 117 Å². The van der Waals surface area contributed by atoms with Crippen molar-refractivity contribution in [3.63, 3.8) is 0 Å². The molecule has 1 aromatic heterocycles. The molecule has 1 unspecified atom stereocenters. The molecule has 34 heavy (non-hydrogen) atoms. The second-order valence-electron chi connectivity index (χ2n) is 8.05. The maximum atomic E-state index is 12.6. The Kier molecular flexibility index (Phi) is 8.80. The predicted molar refractivity (Wildman–Crippen MR) is 133 cm³/mol. The van der Waals surface area contributed by atoms with Crippen LogP contribution in [-0.2, 0) is 21.4 Å². The Morgan fingerprint density at radius 3 is 2.71 bits per heavy atom. The summed E-state index contributed by atoms with van der Waals surface area (Å²) < 4.78 is 32.4. The number of halogens is 2. The highest BCUT2D eigenvalue weighted by molar-refractivity contribution is 7.87. The summed E-state index contributed by atoms with van der Waals surface area (Å²) in [5.74, 6) is 0.131. The molecule has 2 N–H and O–H groups in total. The summed E-state index contributed by atoms with van der Waals surface area (Å²) in [7, 11) is 0.372. The van der Waals surface area contributed by atoms with Crippen LogP contribution in [-0.4, -0.2) is 69.4 Å². The van der Waals surface area contributed by atoms with Gasteiger partial charge in [0.25, 0.3) is 0 Å². The molecule has 1 aliphatic rings. The number of carbonyl (C=O) groups is 1. The number of ether oxygens (including phenoxy) is 1. The Bertz CT molecular complexity index is 1130. The van der Waals surface area contributed by atoms with E-state index in [1.54, 1.807) is 18.2 Å². The number of amides is 1. The number of piperidine rings is 1. The Labute approximate surface area is 209 Å². The van der Waals surface area contributed by atoms with E-state index in [1.807, 2.05) is 11.0 Å². The van der Waals surface area contributed by atoms with Gasteiger partial charge in [0.15, 0.2) is 0 Å². The minimum Gasteiger partial charge on any atom is -0.467 e. The third-order valence-electron chi connectivity index (χ3n) is 5.42. The van der Waals surface area contributed by atoms with Gasteiger partial charge in [-0.2, -0.15) is 22.7 Å². The Morgan fingerprint density at radius 2 is 2.03 bits per heavy atom. The highest BCUT2D eigenvalue weighted by Crippen LogP contribution is 2.26. The molecule has 1 saturated heterocycles. The molecule has 1 amide bonds. The van der Waals surface area contributed by atoms with E-state index in [0.717, 1.165) is 9.87 Å². The van der Waals surface area contributed by atoms with Crippen LogP contribution in [0.5, 0.6) is 6.01 Å². The summed E-state index contributed by atoms with van der Waals surface area (Å²) in [5.41, 5.74) is 0.956. The van der Waals surface area contributed by atoms with Crippen molar-refractivity contribution in [1.29, 1.82) is 0 Å². The van der Waals surface area contributed by atoms with Gasteiger partial charge in [0.1, 0.15) is 11.6 Å². The summed E-state index contributed by atoms with van der Waals surface area (Å²) in [6, 6.07) is 7.35. The second kappa shape index (κ2) is 11.4. The van der Waals surface area contributed by atoms with E-state index in [0.29, 0.717) is 60.6 Å². The lowest BCUT2D eigenvalue weighted by molar-refractivity contribution is -0.123. The molecule has 186 valence electrons. The molecule has 3 rings (SSSR count). The summed E-state index contributed by atoms with van der Waals surface area (Å²) in [5, 5.41) is 4.44. The second-order valence-corrected chi connectivity index (χ2v) is 10.8. The molecule has 0 bridgehead atoms. The minimum atomic E-state index is -3.84. The van der Waals surface area contributed by atoms with E-state index >= 15 is 0 Å². The van der Waals surface area contributed by atoms with Crippen molar-refractivity contribution < 1.29 is 17.9 Å². The number of anilines is 2. The van der Waals surface area contributed by atoms with Gasteiger partial charge in [0, 0.05) is 49.8 Å². The smallest absolute Gasteiger partial charge is 0.320 e. The van der Waals surface area contributed by atoms with Gasteiger partial charge in [0.2, 0.25) is 5.91 Å². The monoisotopic (exact) mass is 530 g/mol. The van der Waals surface area contributed by atoms with Gasteiger partial charge < -0.3 is 15.0 Å². The number of hydrogen-bond acceptors (Lipinski definition) is 8. The van der Waals surface area contributed by atoms with Crippen LogP contribution in [0.4, 0.5) is 11.6 Å². The van der Waals surface area contributed by atoms with Gasteiger partial charge in [-0.25, -0.2) is 4.72 Å². The lowest BCUT2D eigenvalue weighted by Crippen LogP contribution is -2.47. The van der Waals surface area contributed by atoms with Crippen LogP contribution >= 0.6 is 23.2 Å². The average Bonchev–Trinajstić information content (AvgIpc) is 2.80. The highest BCUT2D eigenvalue weighted by atomic mass is 35.5. The fourth-order valence-electron chi connectivity index (χ4n) is 3.51. The van der Waals surface area contributed by atoms with Crippen molar-refractivity contribution in [3.8, 4) is 6.01 Å². The molecule has 0 saturated carbocycles. The van der Waals surface area contributed by atoms with Crippen LogP contribution < -0.4 is 19.7 Å². The zero-order chi connectivity index (χ0) is 24.9. The van der Waals surface area contributed by atoms with Crippen molar-refractivity contribution in [3.05, 3.63) is 39.9 Å². The maximum absolute atomic E-state index is 12.6. The van der Waals surface area contributed by atoms with Gasteiger partial charge in [-0.15, -0.1) is 0 Å². The van der Waals surface area contributed by atoms with E-state index in [4.69, 9.17) is 27.9 Å². The summed E-state index contributed by atoms with van der Waals surface area (Å²) in [6.07, 6.45) is 1.95. The van der Waals surface area contributed by atoms with Crippen LogP contribution in [0.15, 0.2) is 24.3 Å². The zero-order valence-electron chi connectivity index (χ0n) is 19.2. The molecule has 1 aromatic carbocycles. The van der Waals surface area contributed by atoms with Crippen LogP contribution in [0.1, 0.15) is 18.4 Å². The van der Waals surface area contributed by atoms with Gasteiger partial charge in [-0.1, -0.05) is 29.3 Å². The first-order valence-electron chi connectivity index (χ1n) is 10.7. The first kappa shape index (κ1) is 26.3. The summed E-state index contributed by atoms with van der Waals surface area (Å²) in [6.45, 7) is 1.56. The molecule has 1 aliphatic heterocycles. The number of nitrogens with one attached hydrogen (secondary N) is 2. The van der Waals surface area contributed by atoms with Gasteiger partial charge in [-0.05, 0) is 37.0 Å².